The van der Waals surface area contributed by atoms with E-state index < -0.39 is 0 Å². The topological polar surface area (TPSA) is 49.2 Å². The number of rotatable bonds is 4. The van der Waals surface area contributed by atoms with Gasteiger partial charge in [-0.05, 0) is 43.7 Å². The maximum Gasteiger partial charge on any atom is 0.159 e. The molecule has 2 fully saturated rings. The molecule has 0 aliphatic carbocycles. The van der Waals surface area contributed by atoms with E-state index in [1.165, 1.54) is 18.7 Å². The Morgan fingerprint density at radius 1 is 1.09 bits per heavy atom. The highest BCUT2D eigenvalue weighted by atomic mass is 16.5. The molecular formula is C18H25N3O2. The zero-order valence-corrected chi connectivity index (χ0v) is 13.6. The zero-order chi connectivity index (χ0) is 15.5. The first-order valence-electron chi connectivity index (χ1n) is 8.86. The third-order valence-electron chi connectivity index (χ3n) is 5.09. The molecule has 2 aliphatic rings. The van der Waals surface area contributed by atoms with Crippen LogP contribution in [0.1, 0.15) is 31.5 Å². The predicted octanol–water partition coefficient (Wildman–Crippen LogP) is 2.83. The molecule has 0 N–H and O–H groups in total. The highest BCUT2D eigenvalue weighted by Crippen LogP contribution is 2.25. The lowest BCUT2D eigenvalue weighted by Crippen LogP contribution is -2.24. The van der Waals surface area contributed by atoms with Crippen LogP contribution in [0.15, 0.2) is 18.3 Å². The molecule has 4 heterocycles. The summed E-state index contributed by atoms with van der Waals surface area (Å²) >= 11 is 0. The fourth-order valence-corrected chi connectivity index (χ4v) is 3.77. The first-order valence-corrected chi connectivity index (χ1v) is 8.86. The molecule has 1 unspecified atom stereocenters. The molecule has 5 heteroatoms. The van der Waals surface area contributed by atoms with E-state index in [9.17, 15) is 0 Å². The summed E-state index contributed by atoms with van der Waals surface area (Å²) in [5.74, 6) is 2.45. The van der Waals surface area contributed by atoms with Crippen molar-refractivity contribution in [3.8, 4) is 0 Å². The number of hydrogen-bond donors (Lipinski definition) is 0. The van der Waals surface area contributed by atoms with E-state index in [1.54, 1.807) is 0 Å². The lowest BCUT2D eigenvalue weighted by atomic mass is 9.96. The Kier molecular flexibility index (Phi) is 4.57. The molecular weight excluding hydrogens is 290 g/mol. The van der Waals surface area contributed by atoms with Crippen molar-refractivity contribution >= 4 is 11.2 Å². The first-order chi connectivity index (χ1) is 11.4. The zero-order valence-electron chi connectivity index (χ0n) is 13.6. The Balaban J connectivity index is 1.60. The Hall–Kier alpha value is -1.46. The summed E-state index contributed by atoms with van der Waals surface area (Å²) in [7, 11) is 0. The van der Waals surface area contributed by atoms with Gasteiger partial charge in [-0.1, -0.05) is 0 Å². The van der Waals surface area contributed by atoms with Crippen molar-refractivity contribution in [1.29, 1.82) is 0 Å². The van der Waals surface area contributed by atoms with Gasteiger partial charge in [0.25, 0.3) is 0 Å². The minimum Gasteiger partial charge on any atom is -0.381 e. The number of fused-ring (bicyclic) bond motifs is 1. The molecule has 0 aromatic carbocycles. The summed E-state index contributed by atoms with van der Waals surface area (Å²) in [6, 6.07) is 4.05. The smallest absolute Gasteiger partial charge is 0.159 e. The van der Waals surface area contributed by atoms with Crippen LogP contribution >= 0.6 is 0 Å². The van der Waals surface area contributed by atoms with E-state index >= 15 is 0 Å². The van der Waals surface area contributed by atoms with Crippen LogP contribution in [0.2, 0.25) is 0 Å². The molecule has 2 aromatic rings. The molecule has 2 saturated heterocycles. The van der Waals surface area contributed by atoms with Crippen LogP contribution in [-0.2, 0) is 22.4 Å². The van der Waals surface area contributed by atoms with Gasteiger partial charge in [0.15, 0.2) is 5.65 Å². The quantitative estimate of drug-likeness (QED) is 0.870. The van der Waals surface area contributed by atoms with Gasteiger partial charge in [-0.3, -0.25) is 0 Å². The Labute approximate surface area is 137 Å². The molecule has 5 nitrogen and oxygen atoms in total. The van der Waals surface area contributed by atoms with E-state index in [-0.39, 0.29) is 0 Å². The molecule has 23 heavy (non-hydrogen) atoms. The highest BCUT2D eigenvalue weighted by molar-refractivity contribution is 5.71. The summed E-state index contributed by atoms with van der Waals surface area (Å²) in [4.78, 5) is 9.49. The largest absolute Gasteiger partial charge is 0.381 e. The van der Waals surface area contributed by atoms with Crippen LogP contribution in [0.5, 0.6) is 0 Å². The third kappa shape index (κ3) is 3.40. The number of imidazole rings is 1. The van der Waals surface area contributed by atoms with Gasteiger partial charge < -0.3 is 14.0 Å². The molecule has 4 rings (SSSR count). The molecule has 0 saturated carbocycles. The molecule has 2 aromatic heterocycles. The Morgan fingerprint density at radius 2 is 2.00 bits per heavy atom. The summed E-state index contributed by atoms with van der Waals surface area (Å²) in [5, 5.41) is 0. The van der Waals surface area contributed by atoms with Gasteiger partial charge in [-0.25, -0.2) is 9.97 Å². The van der Waals surface area contributed by atoms with Gasteiger partial charge in [0.05, 0.1) is 6.61 Å². The normalized spacial score (nSPS) is 23.4. The second kappa shape index (κ2) is 6.97. The van der Waals surface area contributed by atoms with Crippen molar-refractivity contribution in [2.45, 2.75) is 38.6 Å². The van der Waals surface area contributed by atoms with Crippen LogP contribution in [0.25, 0.3) is 11.2 Å². The van der Waals surface area contributed by atoms with Crippen LogP contribution in [0.4, 0.5) is 0 Å². The Bertz CT molecular complexity index is 643. The maximum absolute atomic E-state index is 5.66. The van der Waals surface area contributed by atoms with Crippen LogP contribution in [0, 0.1) is 11.8 Å². The van der Waals surface area contributed by atoms with Crippen molar-refractivity contribution in [2.24, 2.45) is 11.8 Å². The van der Waals surface area contributed by atoms with E-state index in [2.05, 4.69) is 15.6 Å². The van der Waals surface area contributed by atoms with Crippen LogP contribution < -0.4 is 0 Å². The fourth-order valence-electron chi connectivity index (χ4n) is 3.77. The van der Waals surface area contributed by atoms with Crippen molar-refractivity contribution in [2.75, 3.05) is 26.4 Å². The molecule has 1 atom stereocenters. The van der Waals surface area contributed by atoms with Crippen molar-refractivity contribution in [3.05, 3.63) is 24.2 Å². The molecule has 0 amide bonds. The van der Waals surface area contributed by atoms with Gasteiger partial charge in [-0.2, -0.15) is 0 Å². The Morgan fingerprint density at radius 3 is 2.83 bits per heavy atom. The summed E-state index contributed by atoms with van der Waals surface area (Å²) in [5.41, 5.74) is 2.05. The third-order valence-corrected chi connectivity index (χ3v) is 5.09. The summed E-state index contributed by atoms with van der Waals surface area (Å²) in [6.07, 6.45) is 7.60. The SMILES string of the molecule is c1cnc2c(c1)nc(CC1CCOCC1)n2CC1CCCOC1. The predicted molar refractivity (Wildman–Crippen MR) is 88.3 cm³/mol. The summed E-state index contributed by atoms with van der Waals surface area (Å²) < 4.78 is 13.5. The number of ether oxygens (including phenoxy) is 2. The lowest BCUT2D eigenvalue weighted by molar-refractivity contribution is 0.0478. The van der Waals surface area contributed by atoms with E-state index in [0.29, 0.717) is 11.8 Å². The van der Waals surface area contributed by atoms with Gasteiger partial charge in [0, 0.05) is 44.9 Å². The average Bonchev–Trinajstić information content (AvgIpc) is 2.94. The van der Waals surface area contributed by atoms with Crippen LogP contribution in [0.3, 0.4) is 0 Å². The second-order valence-corrected chi connectivity index (χ2v) is 6.83. The van der Waals surface area contributed by atoms with E-state index in [1.807, 2.05) is 12.3 Å². The minimum absolute atomic E-state index is 0.580. The lowest BCUT2D eigenvalue weighted by Gasteiger charge is -2.25. The number of hydrogen-bond acceptors (Lipinski definition) is 4. The number of aromatic nitrogens is 3. The standard InChI is InChI=1S/C18H25N3O2/c1-4-16-18(19-7-1)21(12-15-3-2-8-23-13-15)17(20-16)11-14-5-9-22-10-6-14/h1,4,7,14-15H,2-3,5-6,8-13H2. The monoisotopic (exact) mass is 315 g/mol. The highest BCUT2D eigenvalue weighted by Gasteiger charge is 2.22. The van der Waals surface area contributed by atoms with Crippen molar-refractivity contribution in [1.82, 2.24) is 14.5 Å². The average molecular weight is 315 g/mol. The van der Waals surface area contributed by atoms with E-state index in [0.717, 1.165) is 63.4 Å². The van der Waals surface area contributed by atoms with Crippen LogP contribution in [-0.4, -0.2) is 41.0 Å². The fraction of sp³-hybridized carbons (Fsp3) is 0.667. The molecule has 124 valence electrons. The molecule has 0 spiro atoms. The minimum atomic E-state index is 0.580. The van der Waals surface area contributed by atoms with Crippen molar-refractivity contribution in [3.63, 3.8) is 0 Å². The first kappa shape index (κ1) is 15.1. The molecule has 2 aliphatic heterocycles. The number of pyridine rings is 1. The van der Waals surface area contributed by atoms with Gasteiger partial charge in [-0.15, -0.1) is 0 Å². The summed E-state index contributed by atoms with van der Waals surface area (Å²) in [6.45, 7) is 4.53. The van der Waals surface area contributed by atoms with Gasteiger partial charge in [0.1, 0.15) is 11.3 Å². The van der Waals surface area contributed by atoms with Gasteiger partial charge in [0.2, 0.25) is 0 Å². The number of nitrogens with zero attached hydrogens (tertiary/aromatic N) is 3. The maximum atomic E-state index is 5.66. The van der Waals surface area contributed by atoms with Crippen molar-refractivity contribution < 1.29 is 9.47 Å². The molecule has 0 bridgehead atoms. The molecule has 0 radical (unpaired) electrons. The second-order valence-electron chi connectivity index (χ2n) is 6.83. The van der Waals surface area contributed by atoms with E-state index in [4.69, 9.17) is 14.5 Å². The van der Waals surface area contributed by atoms with Gasteiger partial charge >= 0.3 is 0 Å².